The number of fused-ring (bicyclic) bond motifs is 1. The Morgan fingerprint density at radius 3 is 2.74 bits per heavy atom. The third-order valence-electron chi connectivity index (χ3n) is 5.46. The predicted molar refractivity (Wildman–Crippen MR) is 100 cm³/mol. The molecular formula is C21H26FN3O2. The molecule has 0 aliphatic carbocycles. The molecule has 0 radical (unpaired) electrons. The fourth-order valence-corrected chi connectivity index (χ4v) is 4.07. The van der Waals surface area contributed by atoms with Crippen LogP contribution in [0, 0.1) is 11.7 Å². The van der Waals surface area contributed by atoms with E-state index >= 15 is 0 Å². The predicted octanol–water partition coefficient (Wildman–Crippen LogP) is 2.51. The number of ether oxygens (including phenoxy) is 1. The number of aromatic nitrogens is 1. The SMILES string of the molecule is O=C(C[C@H]1CN(Cc2ccccc2F)Cc2cccn2C1)N1CCOCC1. The quantitative estimate of drug-likeness (QED) is 0.829. The van der Waals surface area contributed by atoms with Crippen molar-refractivity contribution in [2.24, 2.45) is 5.92 Å². The fraction of sp³-hybridized carbons (Fsp3) is 0.476. The molecule has 0 saturated carbocycles. The Kier molecular flexibility index (Phi) is 5.55. The highest BCUT2D eigenvalue weighted by Gasteiger charge is 2.26. The first kappa shape index (κ1) is 18.2. The van der Waals surface area contributed by atoms with Gasteiger partial charge in [-0.15, -0.1) is 0 Å². The summed E-state index contributed by atoms with van der Waals surface area (Å²) in [6.45, 7) is 5.54. The van der Waals surface area contributed by atoms with E-state index in [1.165, 1.54) is 11.8 Å². The maximum Gasteiger partial charge on any atom is 0.223 e. The minimum atomic E-state index is -0.168. The van der Waals surface area contributed by atoms with E-state index in [0.29, 0.717) is 44.8 Å². The molecule has 0 unspecified atom stereocenters. The van der Waals surface area contributed by atoms with E-state index in [1.807, 2.05) is 23.1 Å². The molecule has 2 aliphatic rings. The van der Waals surface area contributed by atoms with E-state index in [0.717, 1.165) is 19.6 Å². The average molecular weight is 371 g/mol. The Labute approximate surface area is 159 Å². The molecule has 27 heavy (non-hydrogen) atoms. The largest absolute Gasteiger partial charge is 0.378 e. The van der Waals surface area contributed by atoms with Crippen molar-refractivity contribution in [1.29, 1.82) is 0 Å². The smallest absolute Gasteiger partial charge is 0.223 e. The van der Waals surface area contributed by atoms with Crippen LogP contribution < -0.4 is 0 Å². The van der Waals surface area contributed by atoms with Crippen LogP contribution >= 0.6 is 0 Å². The second-order valence-corrected chi connectivity index (χ2v) is 7.48. The number of carbonyl (C=O) groups is 1. The standard InChI is InChI=1S/C21H26FN3O2/c22-20-6-2-1-4-18(20)15-23-13-17(14-25-7-3-5-19(25)16-23)12-21(26)24-8-10-27-11-9-24/h1-7,17H,8-16H2/t17-/m0/s1. The lowest BCUT2D eigenvalue weighted by molar-refractivity contribution is -0.136. The lowest BCUT2D eigenvalue weighted by atomic mass is 10.0. The summed E-state index contributed by atoms with van der Waals surface area (Å²) in [6, 6.07) is 11.1. The van der Waals surface area contributed by atoms with Gasteiger partial charge in [-0.05, 0) is 24.1 Å². The van der Waals surface area contributed by atoms with Gasteiger partial charge in [0.25, 0.3) is 0 Å². The average Bonchev–Trinajstić information content (AvgIpc) is 3.04. The molecule has 2 aliphatic heterocycles. The molecule has 1 aromatic carbocycles. The third kappa shape index (κ3) is 4.39. The van der Waals surface area contributed by atoms with Gasteiger partial charge < -0.3 is 14.2 Å². The van der Waals surface area contributed by atoms with E-state index in [-0.39, 0.29) is 17.6 Å². The molecule has 0 spiro atoms. The monoisotopic (exact) mass is 371 g/mol. The number of rotatable bonds is 4. The molecular weight excluding hydrogens is 345 g/mol. The molecule has 4 rings (SSSR count). The number of carbonyl (C=O) groups excluding carboxylic acids is 1. The van der Waals surface area contributed by atoms with Crippen molar-refractivity contribution in [3.8, 4) is 0 Å². The van der Waals surface area contributed by atoms with Gasteiger partial charge in [0, 0.05) is 63.1 Å². The Morgan fingerprint density at radius 1 is 1.11 bits per heavy atom. The summed E-state index contributed by atoms with van der Waals surface area (Å²) in [6.07, 6.45) is 2.60. The van der Waals surface area contributed by atoms with Crippen molar-refractivity contribution >= 4 is 5.91 Å². The molecule has 1 fully saturated rings. The van der Waals surface area contributed by atoms with Crippen LogP contribution in [0.5, 0.6) is 0 Å². The second kappa shape index (κ2) is 8.23. The van der Waals surface area contributed by atoms with Crippen LogP contribution in [0.3, 0.4) is 0 Å². The number of halogens is 1. The van der Waals surface area contributed by atoms with Crippen LogP contribution in [0.4, 0.5) is 4.39 Å². The van der Waals surface area contributed by atoms with Crippen LogP contribution in [-0.2, 0) is 29.2 Å². The van der Waals surface area contributed by atoms with Crippen LogP contribution in [0.15, 0.2) is 42.6 Å². The number of morpholine rings is 1. The highest BCUT2D eigenvalue weighted by molar-refractivity contribution is 5.76. The molecule has 144 valence electrons. The van der Waals surface area contributed by atoms with E-state index in [2.05, 4.69) is 21.7 Å². The topological polar surface area (TPSA) is 37.7 Å². The fourth-order valence-electron chi connectivity index (χ4n) is 4.07. The van der Waals surface area contributed by atoms with Crippen molar-refractivity contribution < 1.29 is 13.9 Å². The van der Waals surface area contributed by atoms with Crippen molar-refractivity contribution in [3.05, 3.63) is 59.7 Å². The molecule has 1 atom stereocenters. The number of benzene rings is 1. The summed E-state index contributed by atoms with van der Waals surface area (Å²) in [7, 11) is 0. The van der Waals surface area contributed by atoms with Gasteiger partial charge >= 0.3 is 0 Å². The first-order chi connectivity index (χ1) is 13.2. The maximum absolute atomic E-state index is 14.1. The second-order valence-electron chi connectivity index (χ2n) is 7.48. The van der Waals surface area contributed by atoms with Crippen LogP contribution in [0.2, 0.25) is 0 Å². The van der Waals surface area contributed by atoms with Gasteiger partial charge in [-0.1, -0.05) is 18.2 Å². The van der Waals surface area contributed by atoms with E-state index in [9.17, 15) is 9.18 Å². The highest BCUT2D eigenvalue weighted by Crippen LogP contribution is 2.22. The summed E-state index contributed by atoms with van der Waals surface area (Å²) < 4.78 is 21.7. The van der Waals surface area contributed by atoms with Crippen molar-refractivity contribution in [1.82, 2.24) is 14.4 Å². The Morgan fingerprint density at radius 2 is 1.93 bits per heavy atom. The van der Waals surface area contributed by atoms with Crippen LogP contribution in [0.25, 0.3) is 0 Å². The van der Waals surface area contributed by atoms with Gasteiger partial charge in [-0.3, -0.25) is 9.69 Å². The van der Waals surface area contributed by atoms with Crippen molar-refractivity contribution in [2.75, 3.05) is 32.8 Å². The van der Waals surface area contributed by atoms with Crippen LogP contribution in [0.1, 0.15) is 17.7 Å². The van der Waals surface area contributed by atoms with Gasteiger partial charge in [0.15, 0.2) is 0 Å². The Balaban J connectivity index is 1.48. The van der Waals surface area contributed by atoms with Gasteiger partial charge in [0.05, 0.1) is 13.2 Å². The molecule has 0 N–H and O–H groups in total. The molecule has 5 nitrogen and oxygen atoms in total. The first-order valence-corrected chi connectivity index (χ1v) is 9.64. The number of hydrogen-bond acceptors (Lipinski definition) is 3. The summed E-state index contributed by atoms with van der Waals surface area (Å²) in [5.41, 5.74) is 1.92. The zero-order chi connectivity index (χ0) is 18.6. The molecule has 3 heterocycles. The normalized spacial score (nSPS) is 20.9. The van der Waals surface area contributed by atoms with E-state index < -0.39 is 0 Å². The van der Waals surface area contributed by atoms with Crippen molar-refractivity contribution in [3.63, 3.8) is 0 Å². The number of nitrogens with zero attached hydrogens (tertiary/aromatic N) is 3. The lowest BCUT2D eigenvalue weighted by Gasteiger charge is -2.29. The van der Waals surface area contributed by atoms with E-state index in [4.69, 9.17) is 4.74 Å². The minimum absolute atomic E-state index is 0.168. The summed E-state index contributed by atoms with van der Waals surface area (Å²) in [5.74, 6) is 0.239. The number of amides is 1. The molecule has 6 heteroatoms. The lowest BCUT2D eigenvalue weighted by Crippen LogP contribution is -2.42. The van der Waals surface area contributed by atoms with Gasteiger partial charge in [-0.2, -0.15) is 0 Å². The summed E-state index contributed by atoms with van der Waals surface area (Å²) in [4.78, 5) is 16.9. The van der Waals surface area contributed by atoms with E-state index in [1.54, 1.807) is 6.07 Å². The molecule has 1 aromatic heterocycles. The van der Waals surface area contributed by atoms with Gasteiger partial charge in [0.2, 0.25) is 5.91 Å². The van der Waals surface area contributed by atoms with Crippen LogP contribution in [-0.4, -0.2) is 53.1 Å². The summed E-state index contributed by atoms with van der Waals surface area (Å²) >= 11 is 0. The zero-order valence-electron chi connectivity index (χ0n) is 15.5. The minimum Gasteiger partial charge on any atom is -0.378 e. The number of hydrogen-bond donors (Lipinski definition) is 0. The molecule has 2 aromatic rings. The first-order valence-electron chi connectivity index (χ1n) is 9.64. The van der Waals surface area contributed by atoms with Gasteiger partial charge in [0.1, 0.15) is 5.82 Å². The third-order valence-corrected chi connectivity index (χ3v) is 5.46. The maximum atomic E-state index is 14.1. The summed E-state index contributed by atoms with van der Waals surface area (Å²) in [5, 5.41) is 0. The van der Waals surface area contributed by atoms with Crippen molar-refractivity contribution in [2.45, 2.75) is 26.1 Å². The Bertz CT molecular complexity index is 785. The zero-order valence-corrected chi connectivity index (χ0v) is 15.5. The molecule has 1 saturated heterocycles. The Hall–Kier alpha value is -2.18. The van der Waals surface area contributed by atoms with Gasteiger partial charge in [-0.25, -0.2) is 4.39 Å². The highest BCUT2D eigenvalue weighted by atomic mass is 19.1. The molecule has 1 amide bonds. The molecule has 0 bridgehead atoms.